The highest BCUT2D eigenvalue weighted by Crippen LogP contribution is 2.36. The van der Waals surface area contributed by atoms with Gasteiger partial charge in [-0.25, -0.2) is 13.8 Å². The maximum absolute atomic E-state index is 14.2. The van der Waals surface area contributed by atoms with E-state index < -0.39 is 11.6 Å². The second-order valence-electron chi connectivity index (χ2n) is 10.9. The Bertz CT molecular complexity index is 1180. The van der Waals surface area contributed by atoms with Crippen molar-refractivity contribution in [2.45, 2.75) is 52.5 Å². The van der Waals surface area contributed by atoms with Gasteiger partial charge in [0.25, 0.3) is 0 Å². The van der Waals surface area contributed by atoms with E-state index in [9.17, 15) is 8.78 Å². The molecule has 1 saturated heterocycles. The summed E-state index contributed by atoms with van der Waals surface area (Å²) >= 11 is 0. The van der Waals surface area contributed by atoms with Crippen LogP contribution < -0.4 is 4.90 Å². The van der Waals surface area contributed by atoms with Gasteiger partial charge in [-0.2, -0.15) is 0 Å². The molecule has 0 saturated carbocycles. The minimum absolute atomic E-state index is 0.0143. The molecule has 1 unspecified atom stereocenters. The minimum Gasteiger partial charge on any atom is -0.357 e. The van der Waals surface area contributed by atoms with Crippen molar-refractivity contribution in [3.05, 3.63) is 83.6 Å². The molecule has 2 aliphatic rings. The van der Waals surface area contributed by atoms with E-state index in [0.717, 1.165) is 47.9 Å². The molecule has 3 heterocycles. The molecule has 35 heavy (non-hydrogen) atoms. The lowest BCUT2D eigenvalue weighted by atomic mass is 9.75. The van der Waals surface area contributed by atoms with E-state index in [1.54, 1.807) is 0 Å². The normalized spacial score (nSPS) is 19.2. The minimum atomic E-state index is -0.547. The highest BCUT2D eigenvalue weighted by molar-refractivity contribution is 6.02. The fourth-order valence-corrected chi connectivity index (χ4v) is 5.41. The number of nitrogens with zero attached hydrogens (tertiary/aromatic N) is 3. The molecule has 0 N–H and O–H groups in total. The summed E-state index contributed by atoms with van der Waals surface area (Å²) in [6.45, 7) is 9.14. The van der Waals surface area contributed by atoms with Gasteiger partial charge in [0.15, 0.2) is 0 Å². The predicted molar refractivity (Wildman–Crippen MR) is 139 cm³/mol. The molecule has 0 aliphatic carbocycles. The van der Waals surface area contributed by atoms with Crippen molar-refractivity contribution in [1.29, 1.82) is 0 Å². The van der Waals surface area contributed by atoms with Gasteiger partial charge in [-0.3, -0.25) is 4.99 Å². The SMILES string of the molecule is CC(C)(C)C1CCN(c2ccc(-c3ccc(C4CCC(c5c(F)cccc5F)=N4)cc3)cn2)CC1. The number of anilines is 1. The summed E-state index contributed by atoms with van der Waals surface area (Å²) in [6, 6.07) is 16.4. The van der Waals surface area contributed by atoms with Gasteiger partial charge >= 0.3 is 0 Å². The Morgan fingerprint density at radius 3 is 2.09 bits per heavy atom. The van der Waals surface area contributed by atoms with Crippen LogP contribution in [0.1, 0.15) is 63.6 Å². The third-order valence-corrected chi connectivity index (χ3v) is 7.64. The molecule has 0 amide bonds. The summed E-state index contributed by atoms with van der Waals surface area (Å²) in [5.41, 5.74) is 4.14. The molecule has 0 radical (unpaired) electrons. The molecule has 5 heteroatoms. The maximum Gasteiger partial charge on any atom is 0.135 e. The Morgan fingerprint density at radius 1 is 0.829 bits per heavy atom. The molecule has 2 aliphatic heterocycles. The summed E-state index contributed by atoms with van der Waals surface area (Å²) < 4.78 is 28.3. The second kappa shape index (κ2) is 9.52. The largest absolute Gasteiger partial charge is 0.357 e. The van der Waals surface area contributed by atoms with Crippen LogP contribution in [0.2, 0.25) is 0 Å². The van der Waals surface area contributed by atoms with Crippen LogP contribution in [-0.4, -0.2) is 23.8 Å². The summed E-state index contributed by atoms with van der Waals surface area (Å²) in [6.07, 6.45) is 5.70. The van der Waals surface area contributed by atoms with Gasteiger partial charge < -0.3 is 4.90 Å². The maximum atomic E-state index is 14.2. The average Bonchev–Trinajstić information content (AvgIpc) is 3.33. The molecule has 0 bridgehead atoms. The van der Waals surface area contributed by atoms with Crippen molar-refractivity contribution in [1.82, 2.24) is 4.98 Å². The van der Waals surface area contributed by atoms with Gasteiger partial charge in [-0.15, -0.1) is 0 Å². The first-order valence-electron chi connectivity index (χ1n) is 12.6. The van der Waals surface area contributed by atoms with Crippen LogP contribution >= 0.6 is 0 Å². The highest BCUT2D eigenvalue weighted by atomic mass is 19.1. The Hall–Kier alpha value is -3.08. The van der Waals surface area contributed by atoms with Crippen LogP contribution in [0.4, 0.5) is 14.6 Å². The first-order valence-corrected chi connectivity index (χ1v) is 12.6. The number of hydrogen-bond acceptors (Lipinski definition) is 3. The van der Waals surface area contributed by atoms with E-state index in [4.69, 9.17) is 4.98 Å². The smallest absolute Gasteiger partial charge is 0.135 e. The molecular formula is C30H33F2N3. The third kappa shape index (κ3) is 5.00. The third-order valence-electron chi connectivity index (χ3n) is 7.64. The van der Waals surface area contributed by atoms with Crippen LogP contribution in [0.15, 0.2) is 65.8 Å². The topological polar surface area (TPSA) is 28.5 Å². The molecule has 1 aromatic heterocycles. The van der Waals surface area contributed by atoms with Gasteiger partial charge in [0.1, 0.15) is 17.5 Å². The van der Waals surface area contributed by atoms with Crippen LogP contribution in [0.5, 0.6) is 0 Å². The van der Waals surface area contributed by atoms with Crippen molar-refractivity contribution in [2.24, 2.45) is 16.3 Å². The summed E-state index contributed by atoms with van der Waals surface area (Å²) in [4.78, 5) is 11.8. The molecular weight excluding hydrogens is 440 g/mol. The predicted octanol–water partition coefficient (Wildman–Crippen LogP) is 7.61. The first kappa shape index (κ1) is 23.7. The second-order valence-corrected chi connectivity index (χ2v) is 10.9. The monoisotopic (exact) mass is 473 g/mol. The van der Waals surface area contributed by atoms with Crippen LogP contribution in [0.25, 0.3) is 11.1 Å². The van der Waals surface area contributed by atoms with Crippen molar-refractivity contribution >= 4 is 11.5 Å². The van der Waals surface area contributed by atoms with E-state index in [0.29, 0.717) is 17.5 Å². The number of aromatic nitrogens is 1. The van der Waals surface area contributed by atoms with Gasteiger partial charge in [0.05, 0.1) is 11.6 Å². The van der Waals surface area contributed by atoms with Crippen LogP contribution in [0.3, 0.4) is 0 Å². The van der Waals surface area contributed by atoms with Gasteiger partial charge in [0.2, 0.25) is 0 Å². The molecule has 1 fully saturated rings. The van der Waals surface area contributed by atoms with Gasteiger partial charge in [-0.05, 0) is 72.4 Å². The van der Waals surface area contributed by atoms with E-state index >= 15 is 0 Å². The number of piperidine rings is 1. The number of benzene rings is 2. The first-order chi connectivity index (χ1) is 16.8. The van der Waals surface area contributed by atoms with Crippen LogP contribution in [-0.2, 0) is 0 Å². The average molecular weight is 474 g/mol. The quantitative estimate of drug-likeness (QED) is 0.390. The van der Waals surface area contributed by atoms with Gasteiger partial charge in [-0.1, -0.05) is 51.1 Å². The Balaban J connectivity index is 1.25. The van der Waals surface area contributed by atoms with Crippen molar-refractivity contribution in [3.63, 3.8) is 0 Å². The molecule has 1 atom stereocenters. The number of halogens is 2. The molecule has 0 spiro atoms. The summed E-state index contributed by atoms with van der Waals surface area (Å²) in [5.74, 6) is 0.719. The molecule has 5 rings (SSSR count). The van der Waals surface area contributed by atoms with E-state index in [-0.39, 0.29) is 11.6 Å². The molecule has 182 valence electrons. The lowest BCUT2D eigenvalue weighted by Gasteiger charge is -2.39. The number of hydrogen-bond donors (Lipinski definition) is 0. The number of rotatable bonds is 4. The molecule has 3 nitrogen and oxygen atoms in total. The van der Waals surface area contributed by atoms with E-state index in [1.807, 2.05) is 6.20 Å². The van der Waals surface area contributed by atoms with Crippen molar-refractivity contribution < 1.29 is 8.78 Å². The fourth-order valence-electron chi connectivity index (χ4n) is 5.41. The number of aliphatic imine (C=N–C) groups is 1. The zero-order valence-corrected chi connectivity index (χ0v) is 20.8. The summed E-state index contributed by atoms with van der Waals surface area (Å²) in [7, 11) is 0. The fraction of sp³-hybridized carbons (Fsp3) is 0.400. The highest BCUT2D eigenvalue weighted by Gasteiger charge is 2.29. The molecule has 2 aromatic carbocycles. The van der Waals surface area contributed by atoms with Crippen LogP contribution in [0, 0.1) is 23.0 Å². The van der Waals surface area contributed by atoms with E-state index in [1.165, 1.54) is 31.0 Å². The Kier molecular flexibility index (Phi) is 6.43. The standard InChI is InChI=1S/C30H33F2N3/c1-30(2,3)23-15-17-35(18-16-23)28-14-11-22(19-33-28)20-7-9-21(10-8-20)26-12-13-27(34-26)29-24(31)5-4-6-25(29)32/h4-11,14,19,23,26H,12-13,15-18H2,1-3H3. The van der Waals surface area contributed by atoms with Crippen molar-refractivity contribution in [3.8, 4) is 11.1 Å². The lowest BCUT2D eigenvalue weighted by molar-refractivity contribution is 0.198. The summed E-state index contributed by atoms with van der Waals surface area (Å²) in [5, 5.41) is 0. The van der Waals surface area contributed by atoms with E-state index in [2.05, 4.69) is 67.1 Å². The number of pyridine rings is 1. The Labute approximate surface area is 206 Å². The zero-order chi connectivity index (χ0) is 24.6. The zero-order valence-electron chi connectivity index (χ0n) is 20.8. The lowest BCUT2D eigenvalue weighted by Crippen LogP contribution is -2.38. The van der Waals surface area contributed by atoms with Gasteiger partial charge in [0, 0.05) is 30.6 Å². The Morgan fingerprint density at radius 2 is 1.49 bits per heavy atom. The molecule has 3 aromatic rings. The van der Waals surface area contributed by atoms with Crippen molar-refractivity contribution in [2.75, 3.05) is 18.0 Å².